The standard InChI is InChI=1S/C20H37N5O3/c1-16(2)19(28)25-12-8-23(9-13-25)15-18(27)24-10-6-22(7-11-24)14-17(26)21-20(3,4)5/h16H,6-15H2,1-5H3,(H,21,26). The molecule has 0 aliphatic carbocycles. The van der Waals surface area contributed by atoms with Gasteiger partial charge in [-0.15, -0.1) is 0 Å². The van der Waals surface area contributed by atoms with Gasteiger partial charge in [-0.05, 0) is 20.8 Å². The second-order valence-electron chi connectivity index (χ2n) is 9.21. The van der Waals surface area contributed by atoms with Gasteiger partial charge in [0, 0.05) is 63.8 Å². The Kier molecular flexibility index (Phi) is 7.83. The first kappa shape index (κ1) is 22.6. The molecule has 2 heterocycles. The smallest absolute Gasteiger partial charge is 0.236 e. The highest BCUT2D eigenvalue weighted by Gasteiger charge is 2.27. The van der Waals surface area contributed by atoms with Crippen LogP contribution in [0.1, 0.15) is 34.6 Å². The average Bonchev–Trinajstić information content (AvgIpc) is 2.60. The van der Waals surface area contributed by atoms with Gasteiger partial charge in [0.2, 0.25) is 17.7 Å². The third-order valence-electron chi connectivity index (χ3n) is 5.14. The van der Waals surface area contributed by atoms with Crippen LogP contribution in [0.5, 0.6) is 0 Å². The summed E-state index contributed by atoms with van der Waals surface area (Å²) in [7, 11) is 0. The van der Waals surface area contributed by atoms with E-state index in [-0.39, 0.29) is 29.2 Å². The maximum Gasteiger partial charge on any atom is 0.236 e. The predicted molar refractivity (Wildman–Crippen MR) is 109 cm³/mol. The van der Waals surface area contributed by atoms with Gasteiger partial charge in [-0.3, -0.25) is 24.2 Å². The number of piperazine rings is 2. The molecule has 3 amide bonds. The summed E-state index contributed by atoms with van der Waals surface area (Å²) in [6.45, 7) is 16.2. The molecule has 0 unspecified atom stereocenters. The number of amides is 3. The Labute approximate surface area is 169 Å². The fourth-order valence-corrected chi connectivity index (χ4v) is 3.60. The van der Waals surface area contributed by atoms with Gasteiger partial charge < -0.3 is 15.1 Å². The quantitative estimate of drug-likeness (QED) is 0.700. The minimum absolute atomic E-state index is 0.0231. The monoisotopic (exact) mass is 395 g/mol. The average molecular weight is 396 g/mol. The Bertz CT molecular complexity index is 557. The zero-order chi connectivity index (χ0) is 20.9. The van der Waals surface area contributed by atoms with Gasteiger partial charge in [0.25, 0.3) is 0 Å². The van der Waals surface area contributed by atoms with E-state index in [1.54, 1.807) is 0 Å². The van der Waals surface area contributed by atoms with Crippen molar-refractivity contribution >= 4 is 17.7 Å². The van der Waals surface area contributed by atoms with Crippen LogP contribution in [-0.4, -0.2) is 108 Å². The molecule has 8 nitrogen and oxygen atoms in total. The Morgan fingerprint density at radius 3 is 1.71 bits per heavy atom. The summed E-state index contributed by atoms with van der Waals surface area (Å²) in [4.78, 5) is 44.7. The van der Waals surface area contributed by atoms with E-state index in [4.69, 9.17) is 0 Å². The fraction of sp³-hybridized carbons (Fsp3) is 0.850. The van der Waals surface area contributed by atoms with E-state index >= 15 is 0 Å². The lowest BCUT2D eigenvalue weighted by Crippen LogP contribution is -2.56. The van der Waals surface area contributed by atoms with Gasteiger partial charge in [0.1, 0.15) is 0 Å². The first-order valence-corrected chi connectivity index (χ1v) is 10.4. The van der Waals surface area contributed by atoms with Crippen molar-refractivity contribution in [2.24, 2.45) is 5.92 Å². The zero-order valence-electron chi connectivity index (χ0n) is 18.2. The molecule has 1 N–H and O–H groups in total. The summed E-state index contributed by atoms with van der Waals surface area (Å²) < 4.78 is 0. The van der Waals surface area contributed by atoms with Gasteiger partial charge >= 0.3 is 0 Å². The minimum Gasteiger partial charge on any atom is -0.350 e. The van der Waals surface area contributed by atoms with Crippen LogP contribution in [0, 0.1) is 5.92 Å². The fourth-order valence-electron chi connectivity index (χ4n) is 3.60. The lowest BCUT2D eigenvalue weighted by molar-refractivity contribution is -0.137. The predicted octanol–water partition coefficient (Wildman–Crippen LogP) is -0.154. The lowest BCUT2D eigenvalue weighted by Gasteiger charge is -2.38. The molecule has 0 aromatic carbocycles. The summed E-state index contributed by atoms with van der Waals surface area (Å²) in [5.74, 6) is 0.385. The molecular formula is C20H37N5O3. The van der Waals surface area contributed by atoms with E-state index in [2.05, 4.69) is 15.1 Å². The lowest BCUT2D eigenvalue weighted by atomic mass is 10.1. The summed E-state index contributed by atoms with van der Waals surface area (Å²) in [5, 5.41) is 2.98. The number of carbonyl (C=O) groups is 3. The summed E-state index contributed by atoms with van der Waals surface area (Å²) >= 11 is 0. The molecular weight excluding hydrogens is 358 g/mol. The van der Waals surface area contributed by atoms with Gasteiger partial charge in [0.15, 0.2) is 0 Å². The molecule has 0 spiro atoms. The molecule has 28 heavy (non-hydrogen) atoms. The molecule has 0 radical (unpaired) electrons. The molecule has 2 fully saturated rings. The van der Waals surface area contributed by atoms with Crippen molar-refractivity contribution in [3.8, 4) is 0 Å². The number of nitrogens with zero attached hydrogens (tertiary/aromatic N) is 4. The van der Waals surface area contributed by atoms with Crippen LogP contribution < -0.4 is 5.32 Å². The highest BCUT2D eigenvalue weighted by atomic mass is 16.2. The van der Waals surface area contributed by atoms with E-state index in [1.807, 2.05) is 44.4 Å². The third kappa shape index (κ3) is 7.05. The van der Waals surface area contributed by atoms with Gasteiger partial charge in [0.05, 0.1) is 13.1 Å². The van der Waals surface area contributed by atoms with E-state index in [9.17, 15) is 14.4 Å². The van der Waals surface area contributed by atoms with Gasteiger partial charge in [-0.25, -0.2) is 0 Å². The molecule has 0 aromatic rings. The minimum atomic E-state index is -0.224. The van der Waals surface area contributed by atoms with Crippen LogP contribution in [0.3, 0.4) is 0 Å². The molecule has 2 aliphatic heterocycles. The van der Waals surface area contributed by atoms with E-state index in [0.717, 1.165) is 26.2 Å². The normalized spacial score (nSPS) is 19.8. The molecule has 2 aliphatic rings. The van der Waals surface area contributed by atoms with Crippen molar-refractivity contribution in [3.63, 3.8) is 0 Å². The molecule has 0 atom stereocenters. The van der Waals surface area contributed by atoms with E-state index < -0.39 is 0 Å². The number of hydrogen-bond acceptors (Lipinski definition) is 5. The SMILES string of the molecule is CC(C)C(=O)N1CCN(CC(=O)N2CCN(CC(=O)NC(C)(C)C)CC2)CC1. The second-order valence-corrected chi connectivity index (χ2v) is 9.21. The van der Waals surface area contributed by atoms with Crippen molar-refractivity contribution in [1.29, 1.82) is 0 Å². The summed E-state index contributed by atoms with van der Waals surface area (Å²) in [6.07, 6.45) is 0. The Morgan fingerprint density at radius 2 is 1.25 bits per heavy atom. The summed E-state index contributed by atoms with van der Waals surface area (Å²) in [6, 6.07) is 0. The van der Waals surface area contributed by atoms with Crippen molar-refractivity contribution in [2.75, 3.05) is 65.4 Å². The van der Waals surface area contributed by atoms with Crippen LogP contribution >= 0.6 is 0 Å². The van der Waals surface area contributed by atoms with Crippen molar-refractivity contribution in [3.05, 3.63) is 0 Å². The molecule has 2 rings (SSSR count). The maximum absolute atomic E-state index is 12.6. The molecule has 160 valence electrons. The number of rotatable bonds is 5. The molecule has 0 aromatic heterocycles. The van der Waals surface area contributed by atoms with E-state index in [1.165, 1.54) is 0 Å². The largest absolute Gasteiger partial charge is 0.350 e. The number of nitrogens with one attached hydrogen (secondary N) is 1. The van der Waals surface area contributed by atoms with Crippen LogP contribution in [0.4, 0.5) is 0 Å². The Hall–Kier alpha value is -1.67. The van der Waals surface area contributed by atoms with Gasteiger partial charge in [-0.1, -0.05) is 13.8 Å². The highest BCUT2D eigenvalue weighted by molar-refractivity contribution is 5.80. The summed E-state index contributed by atoms with van der Waals surface area (Å²) in [5.41, 5.74) is -0.224. The zero-order valence-corrected chi connectivity index (χ0v) is 18.2. The highest BCUT2D eigenvalue weighted by Crippen LogP contribution is 2.09. The van der Waals surface area contributed by atoms with Crippen LogP contribution in [0.25, 0.3) is 0 Å². The molecule has 2 saturated heterocycles. The van der Waals surface area contributed by atoms with Crippen molar-refractivity contribution in [1.82, 2.24) is 24.9 Å². The first-order chi connectivity index (χ1) is 13.0. The first-order valence-electron chi connectivity index (χ1n) is 10.4. The van der Waals surface area contributed by atoms with Gasteiger partial charge in [-0.2, -0.15) is 0 Å². The van der Waals surface area contributed by atoms with Crippen molar-refractivity contribution in [2.45, 2.75) is 40.2 Å². The van der Waals surface area contributed by atoms with E-state index in [0.29, 0.717) is 39.3 Å². The maximum atomic E-state index is 12.6. The molecule has 8 heteroatoms. The number of hydrogen-bond donors (Lipinski definition) is 1. The second kappa shape index (κ2) is 9.69. The molecule has 0 saturated carbocycles. The van der Waals surface area contributed by atoms with Crippen LogP contribution in [0.15, 0.2) is 0 Å². The van der Waals surface area contributed by atoms with Crippen molar-refractivity contribution < 1.29 is 14.4 Å². The number of carbonyl (C=O) groups excluding carboxylic acids is 3. The topological polar surface area (TPSA) is 76.2 Å². The Morgan fingerprint density at radius 1 is 0.786 bits per heavy atom. The Balaban J connectivity index is 1.69. The van der Waals surface area contributed by atoms with Crippen LogP contribution in [-0.2, 0) is 14.4 Å². The molecule has 0 bridgehead atoms. The van der Waals surface area contributed by atoms with Crippen LogP contribution in [0.2, 0.25) is 0 Å². The third-order valence-corrected chi connectivity index (χ3v) is 5.14.